The van der Waals surface area contributed by atoms with Crippen LogP contribution in [0.4, 0.5) is 5.82 Å². The smallest absolute Gasteiger partial charge is 0.251 e. The summed E-state index contributed by atoms with van der Waals surface area (Å²) in [4.78, 5) is 23.7. The van der Waals surface area contributed by atoms with Crippen LogP contribution in [0.15, 0.2) is 42.9 Å². The van der Waals surface area contributed by atoms with Gasteiger partial charge in [0.1, 0.15) is 17.8 Å². The number of anilines is 1. The summed E-state index contributed by atoms with van der Waals surface area (Å²) in [7, 11) is 0. The summed E-state index contributed by atoms with van der Waals surface area (Å²) >= 11 is 0. The molecule has 7 nitrogen and oxygen atoms in total. The van der Waals surface area contributed by atoms with Crippen LogP contribution < -0.4 is 11.1 Å². The first-order valence-electron chi connectivity index (χ1n) is 11.7. The zero-order chi connectivity index (χ0) is 22.9. The molecule has 0 spiro atoms. The molecular formula is C26H30N6O. The van der Waals surface area contributed by atoms with Gasteiger partial charge in [0.25, 0.3) is 5.91 Å². The van der Waals surface area contributed by atoms with Gasteiger partial charge >= 0.3 is 0 Å². The van der Waals surface area contributed by atoms with Gasteiger partial charge in [-0.2, -0.15) is 0 Å². The predicted molar refractivity (Wildman–Crippen MR) is 130 cm³/mol. The summed E-state index contributed by atoms with van der Waals surface area (Å²) in [5.74, 6) is 7.23. The minimum absolute atomic E-state index is 0.0492. The Morgan fingerprint density at radius 1 is 1.18 bits per heavy atom. The number of fused-ring (bicyclic) bond motifs is 1. The molecule has 3 aromatic rings. The summed E-state index contributed by atoms with van der Waals surface area (Å²) in [6, 6.07) is 10.3. The molecule has 3 N–H and O–H groups in total. The van der Waals surface area contributed by atoms with E-state index in [0.29, 0.717) is 23.5 Å². The third-order valence-electron chi connectivity index (χ3n) is 6.80. The molecule has 1 aliphatic heterocycles. The second kappa shape index (κ2) is 8.87. The third kappa shape index (κ3) is 4.44. The van der Waals surface area contributed by atoms with E-state index in [-0.39, 0.29) is 17.9 Å². The highest BCUT2D eigenvalue weighted by atomic mass is 16.1. The number of nitrogen functional groups attached to an aromatic ring is 1. The van der Waals surface area contributed by atoms with Crippen LogP contribution in [0.3, 0.4) is 0 Å². The second-order valence-electron chi connectivity index (χ2n) is 9.33. The number of nitrogens with zero attached hydrogens (tertiary/aromatic N) is 4. The number of benzene rings is 1. The van der Waals surface area contributed by atoms with Crippen molar-refractivity contribution in [2.75, 3.05) is 18.8 Å². The van der Waals surface area contributed by atoms with Crippen LogP contribution in [-0.2, 0) is 0 Å². The van der Waals surface area contributed by atoms with Crippen molar-refractivity contribution in [2.24, 2.45) is 5.92 Å². The van der Waals surface area contributed by atoms with Gasteiger partial charge in [-0.25, -0.2) is 9.97 Å². The molecule has 1 aromatic carbocycles. The molecule has 1 amide bonds. The molecule has 5 rings (SSSR count). The SMILES string of the molecule is CC(C)N1CCC(n2cc(C#CC3CC3NC(=O)c3ccccc3)c3c(N)ncnc32)CC1. The number of hydrogen-bond acceptors (Lipinski definition) is 5. The predicted octanol–water partition coefficient (Wildman–Crippen LogP) is 3.23. The highest BCUT2D eigenvalue weighted by molar-refractivity contribution is 5.94. The lowest BCUT2D eigenvalue weighted by atomic mass is 10.0. The summed E-state index contributed by atoms with van der Waals surface area (Å²) in [6.45, 7) is 6.66. The number of carbonyl (C=O) groups excluding carboxylic acids is 1. The monoisotopic (exact) mass is 442 g/mol. The molecule has 170 valence electrons. The fraction of sp³-hybridized carbons (Fsp3) is 0.423. The standard InChI is InChI=1S/C26H30N6O/c1-17(2)31-12-10-21(11-13-31)32-15-20(23-24(27)28-16-29-25(23)32)9-8-19-14-22(19)30-26(33)18-6-4-3-5-7-18/h3-7,15-17,19,21-22H,10-14H2,1-2H3,(H,30,33)(H2,27,28,29). The lowest BCUT2D eigenvalue weighted by Gasteiger charge is -2.35. The van der Waals surface area contributed by atoms with Gasteiger partial charge in [-0.05, 0) is 45.2 Å². The van der Waals surface area contributed by atoms with Gasteiger partial charge in [0, 0.05) is 48.9 Å². The number of nitrogens with two attached hydrogens (primary N) is 1. The number of rotatable bonds is 4. The first kappa shape index (κ1) is 21.5. The maximum absolute atomic E-state index is 12.4. The van der Waals surface area contributed by atoms with E-state index < -0.39 is 0 Å². The molecule has 1 saturated carbocycles. The molecule has 2 fully saturated rings. The fourth-order valence-corrected chi connectivity index (χ4v) is 4.69. The van der Waals surface area contributed by atoms with E-state index in [2.05, 4.69) is 56.6 Å². The normalized spacial score (nSPS) is 21.1. The van der Waals surface area contributed by atoms with Gasteiger partial charge in [-0.3, -0.25) is 4.79 Å². The van der Waals surface area contributed by atoms with Crippen LogP contribution in [0.2, 0.25) is 0 Å². The summed E-state index contributed by atoms with van der Waals surface area (Å²) in [6.07, 6.45) is 6.65. The molecule has 1 saturated heterocycles. The van der Waals surface area contributed by atoms with Crippen molar-refractivity contribution in [1.82, 2.24) is 24.8 Å². The quantitative estimate of drug-likeness (QED) is 0.606. The van der Waals surface area contributed by atoms with Gasteiger partial charge < -0.3 is 20.5 Å². The summed E-state index contributed by atoms with van der Waals surface area (Å²) in [5.41, 5.74) is 8.65. The van der Waals surface area contributed by atoms with Crippen LogP contribution in [0.5, 0.6) is 0 Å². The zero-order valence-corrected chi connectivity index (χ0v) is 19.2. The minimum atomic E-state index is -0.0492. The molecule has 33 heavy (non-hydrogen) atoms. The van der Waals surface area contributed by atoms with Crippen molar-refractivity contribution < 1.29 is 4.79 Å². The number of carbonyl (C=O) groups is 1. The molecular weight excluding hydrogens is 412 g/mol. The van der Waals surface area contributed by atoms with E-state index in [1.54, 1.807) is 0 Å². The van der Waals surface area contributed by atoms with Crippen molar-refractivity contribution >= 4 is 22.8 Å². The van der Waals surface area contributed by atoms with E-state index in [1.807, 2.05) is 30.3 Å². The molecule has 2 aliphatic rings. The van der Waals surface area contributed by atoms with Crippen LogP contribution >= 0.6 is 0 Å². The average Bonchev–Trinajstić information content (AvgIpc) is 3.46. The Labute approximate surface area is 194 Å². The Kier molecular flexibility index (Phi) is 5.77. The number of likely N-dealkylation sites (tertiary alicyclic amines) is 1. The Morgan fingerprint density at radius 2 is 1.94 bits per heavy atom. The number of nitrogens with one attached hydrogen (secondary N) is 1. The average molecular weight is 443 g/mol. The Morgan fingerprint density at radius 3 is 2.67 bits per heavy atom. The third-order valence-corrected chi connectivity index (χ3v) is 6.80. The minimum Gasteiger partial charge on any atom is -0.383 e. The van der Waals surface area contributed by atoms with Gasteiger partial charge in [-0.15, -0.1) is 0 Å². The lowest BCUT2D eigenvalue weighted by Crippen LogP contribution is -2.38. The fourth-order valence-electron chi connectivity index (χ4n) is 4.69. The maximum atomic E-state index is 12.4. The maximum Gasteiger partial charge on any atom is 0.251 e. The van der Waals surface area contributed by atoms with Gasteiger partial charge in [0.2, 0.25) is 0 Å². The van der Waals surface area contributed by atoms with E-state index >= 15 is 0 Å². The molecule has 3 heterocycles. The number of aromatic nitrogens is 3. The summed E-state index contributed by atoms with van der Waals surface area (Å²) < 4.78 is 2.25. The van der Waals surface area contributed by atoms with Crippen molar-refractivity contribution in [3.63, 3.8) is 0 Å². The van der Waals surface area contributed by atoms with Crippen molar-refractivity contribution in [3.05, 3.63) is 54.0 Å². The van der Waals surface area contributed by atoms with Crippen molar-refractivity contribution in [3.8, 4) is 11.8 Å². The Balaban J connectivity index is 1.33. The second-order valence-corrected chi connectivity index (χ2v) is 9.33. The highest BCUT2D eigenvalue weighted by Gasteiger charge is 2.37. The van der Waals surface area contributed by atoms with Crippen molar-refractivity contribution in [2.45, 2.75) is 51.2 Å². The van der Waals surface area contributed by atoms with Gasteiger partial charge in [-0.1, -0.05) is 30.0 Å². The van der Waals surface area contributed by atoms with E-state index in [4.69, 9.17) is 5.73 Å². The first-order chi connectivity index (χ1) is 16.0. The molecule has 2 aromatic heterocycles. The van der Waals surface area contributed by atoms with Crippen LogP contribution in [0, 0.1) is 17.8 Å². The first-order valence-corrected chi connectivity index (χ1v) is 11.7. The van der Waals surface area contributed by atoms with Crippen LogP contribution in [0.1, 0.15) is 55.1 Å². The van der Waals surface area contributed by atoms with Gasteiger partial charge in [0.05, 0.1) is 10.9 Å². The van der Waals surface area contributed by atoms with Gasteiger partial charge in [0.15, 0.2) is 0 Å². The number of piperidine rings is 1. The van der Waals surface area contributed by atoms with E-state index in [0.717, 1.165) is 48.9 Å². The molecule has 0 bridgehead atoms. The van der Waals surface area contributed by atoms with E-state index in [1.165, 1.54) is 6.33 Å². The molecule has 2 unspecified atom stereocenters. The topological polar surface area (TPSA) is 89.1 Å². The Hall–Kier alpha value is -3.37. The molecule has 1 aliphatic carbocycles. The molecule has 0 radical (unpaired) electrons. The van der Waals surface area contributed by atoms with Crippen LogP contribution in [-0.4, -0.2) is 50.5 Å². The highest BCUT2D eigenvalue weighted by Crippen LogP contribution is 2.33. The Bertz CT molecular complexity index is 1210. The van der Waals surface area contributed by atoms with Crippen LogP contribution in [0.25, 0.3) is 11.0 Å². The lowest BCUT2D eigenvalue weighted by molar-refractivity contribution is 0.0950. The number of hydrogen-bond donors (Lipinski definition) is 2. The van der Waals surface area contributed by atoms with Crippen molar-refractivity contribution in [1.29, 1.82) is 0 Å². The summed E-state index contributed by atoms with van der Waals surface area (Å²) in [5, 5.41) is 3.91. The number of amides is 1. The molecule has 2 atom stereocenters. The largest absolute Gasteiger partial charge is 0.383 e. The zero-order valence-electron chi connectivity index (χ0n) is 19.2. The van der Waals surface area contributed by atoms with E-state index in [9.17, 15) is 4.79 Å². The molecule has 7 heteroatoms.